The van der Waals surface area contributed by atoms with E-state index >= 15 is 0 Å². The molecule has 1 saturated heterocycles. The Hall–Kier alpha value is -0.450. The van der Waals surface area contributed by atoms with Gasteiger partial charge in [-0.3, -0.25) is 0 Å². The maximum atomic E-state index is 10.0. The Morgan fingerprint density at radius 1 is 1.71 bits per heavy atom. The molecule has 0 amide bonds. The summed E-state index contributed by atoms with van der Waals surface area (Å²) in [4.78, 5) is 4.14. The normalized spacial score (nSPS) is 30.1. The summed E-state index contributed by atoms with van der Waals surface area (Å²) in [7, 11) is 0. The molecule has 78 valence electrons. The zero-order chi connectivity index (χ0) is 9.97. The average Bonchev–Trinajstić information content (AvgIpc) is 2.69. The number of aliphatic hydroxyl groups is 1. The Balaban J connectivity index is 2.00. The molecule has 1 fully saturated rings. The Labute approximate surface area is 88.2 Å². The van der Waals surface area contributed by atoms with Gasteiger partial charge in [-0.25, -0.2) is 4.98 Å². The summed E-state index contributed by atoms with van der Waals surface area (Å²) in [6.45, 7) is 3.25. The Kier molecular flexibility index (Phi) is 3.15. The maximum Gasteiger partial charge on any atom is 0.123 e. The fourth-order valence-electron chi connectivity index (χ4n) is 1.94. The van der Waals surface area contributed by atoms with E-state index in [-0.39, 0.29) is 6.04 Å². The van der Waals surface area contributed by atoms with Gasteiger partial charge in [0.25, 0.3) is 0 Å². The standard InChI is InChI=1S/C10H16N2OS/c1-7-2-3-11-8(6-7)9(13)10-12-4-5-14-10/h4-5,7-9,11,13H,2-3,6H2,1H3. The number of nitrogens with one attached hydrogen (secondary N) is 1. The highest BCUT2D eigenvalue weighted by molar-refractivity contribution is 7.09. The molecule has 3 unspecified atom stereocenters. The van der Waals surface area contributed by atoms with Gasteiger partial charge in [-0.05, 0) is 25.3 Å². The zero-order valence-corrected chi connectivity index (χ0v) is 9.13. The van der Waals surface area contributed by atoms with Gasteiger partial charge in [0.1, 0.15) is 11.1 Å². The van der Waals surface area contributed by atoms with Gasteiger partial charge in [0.05, 0.1) is 0 Å². The molecule has 0 saturated carbocycles. The topological polar surface area (TPSA) is 45.1 Å². The Bertz CT molecular complexity index is 276. The highest BCUT2D eigenvalue weighted by Gasteiger charge is 2.27. The molecule has 0 aromatic carbocycles. The largest absolute Gasteiger partial charge is 0.384 e. The molecule has 0 radical (unpaired) electrons. The highest BCUT2D eigenvalue weighted by Crippen LogP contribution is 2.26. The molecule has 1 aliphatic heterocycles. The molecule has 0 spiro atoms. The third-order valence-corrected chi connectivity index (χ3v) is 3.63. The van der Waals surface area contributed by atoms with E-state index in [1.165, 1.54) is 17.8 Å². The number of rotatable bonds is 2. The first-order valence-electron chi connectivity index (χ1n) is 5.08. The van der Waals surface area contributed by atoms with E-state index in [0.29, 0.717) is 5.92 Å². The molecule has 2 heterocycles. The number of piperidine rings is 1. The van der Waals surface area contributed by atoms with Crippen molar-refractivity contribution in [1.29, 1.82) is 0 Å². The monoisotopic (exact) mass is 212 g/mol. The lowest BCUT2D eigenvalue weighted by atomic mass is 9.91. The van der Waals surface area contributed by atoms with Crippen LogP contribution in [-0.2, 0) is 0 Å². The average molecular weight is 212 g/mol. The van der Waals surface area contributed by atoms with Crippen molar-refractivity contribution in [2.75, 3.05) is 6.54 Å². The number of hydrogen-bond acceptors (Lipinski definition) is 4. The van der Waals surface area contributed by atoms with E-state index in [2.05, 4.69) is 17.2 Å². The van der Waals surface area contributed by atoms with Crippen LogP contribution in [0, 0.1) is 5.92 Å². The van der Waals surface area contributed by atoms with Gasteiger partial charge in [-0.1, -0.05) is 6.92 Å². The second-order valence-electron chi connectivity index (χ2n) is 4.01. The third kappa shape index (κ3) is 2.13. The van der Waals surface area contributed by atoms with Crippen molar-refractivity contribution in [3.05, 3.63) is 16.6 Å². The van der Waals surface area contributed by atoms with E-state index in [0.717, 1.165) is 18.0 Å². The highest BCUT2D eigenvalue weighted by atomic mass is 32.1. The van der Waals surface area contributed by atoms with Crippen LogP contribution in [0.1, 0.15) is 30.9 Å². The molecule has 2 rings (SSSR count). The lowest BCUT2D eigenvalue weighted by Gasteiger charge is -2.30. The Morgan fingerprint density at radius 3 is 3.21 bits per heavy atom. The van der Waals surface area contributed by atoms with Gasteiger partial charge in [-0.15, -0.1) is 11.3 Å². The molecular formula is C10H16N2OS. The molecule has 2 N–H and O–H groups in total. The first-order chi connectivity index (χ1) is 6.77. The van der Waals surface area contributed by atoms with Crippen molar-refractivity contribution in [3.8, 4) is 0 Å². The summed E-state index contributed by atoms with van der Waals surface area (Å²) >= 11 is 1.52. The third-order valence-electron chi connectivity index (χ3n) is 2.79. The lowest BCUT2D eigenvalue weighted by Crippen LogP contribution is -2.41. The van der Waals surface area contributed by atoms with Crippen LogP contribution >= 0.6 is 11.3 Å². The lowest BCUT2D eigenvalue weighted by molar-refractivity contribution is 0.101. The van der Waals surface area contributed by atoms with Crippen molar-refractivity contribution < 1.29 is 5.11 Å². The van der Waals surface area contributed by atoms with E-state index in [9.17, 15) is 5.11 Å². The summed E-state index contributed by atoms with van der Waals surface area (Å²) < 4.78 is 0. The Morgan fingerprint density at radius 2 is 2.57 bits per heavy atom. The summed E-state index contributed by atoms with van der Waals surface area (Å²) in [5, 5.41) is 16.1. The minimum atomic E-state index is -0.433. The minimum absolute atomic E-state index is 0.185. The van der Waals surface area contributed by atoms with Gasteiger partial charge in [0.15, 0.2) is 0 Å². The molecular weight excluding hydrogens is 196 g/mol. The second kappa shape index (κ2) is 4.38. The summed E-state index contributed by atoms with van der Waals surface area (Å²) in [6.07, 6.45) is 3.56. The van der Waals surface area contributed by atoms with Crippen molar-refractivity contribution in [2.24, 2.45) is 5.92 Å². The summed E-state index contributed by atoms with van der Waals surface area (Å²) in [6, 6.07) is 0.185. The summed E-state index contributed by atoms with van der Waals surface area (Å²) in [5.74, 6) is 0.705. The van der Waals surface area contributed by atoms with Crippen molar-refractivity contribution in [2.45, 2.75) is 31.9 Å². The molecule has 1 aromatic heterocycles. The van der Waals surface area contributed by atoms with Crippen LogP contribution in [-0.4, -0.2) is 22.7 Å². The van der Waals surface area contributed by atoms with Gasteiger partial charge in [0, 0.05) is 17.6 Å². The molecule has 3 atom stereocenters. The quantitative estimate of drug-likeness (QED) is 0.782. The zero-order valence-electron chi connectivity index (χ0n) is 8.31. The molecule has 4 heteroatoms. The van der Waals surface area contributed by atoms with Crippen LogP contribution in [0.3, 0.4) is 0 Å². The van der Waals surface area contributed by atoms with E-state index in [4.69, 9.17) is 0 Å². The van der Waals surface area contributed by atoms with Crippen LogP contribution in [0.5, 0.6) is 0 Å². The summed E-state index contributed by atoms with van der Waals surface area (Å²) in [5.41, 5.74) is 0. The van der Waals surface area contributed by atoms with Crippen molar-refractivity contribution >= 4 is 11.3 Å². The minimum Gasteiger partial charge on any atom is -0.384 e. The fourth-order valence-corrected chi connectivity index (χ4v) is 2.63. The first kappa shape index (κ1) is 10.1. The van der Waals surface area contributed by atoms with Crippen molar-refractivity contribution in [1.82, 2.24) is 10.3 Å². The SMILES string of the molecule is CC1CCNC(C(O)c2nccs2)C1. The number of aliphatic hydroxyl groups excluding tert-OH is 1. The van der Waals surface area contributed by atoms with Gasteiger partial charge >= 0.3 is 0 Å². The number of thiazole rings is 1. The first-order valence-corrected chi connectivity index (χ1v) is 5.96. The molecule has 0 aliphatic carbocycles. The van der Waals surface area contributed by atoms with E-state index in [1.807, 2.05) is 5.38 Å². The maximum absolute atomic E-state index is 10.0. The molecule has 0 bridgehead atoms. The fraction of sp³-hybridized carbons (Fsp3) is 0.700. The van der Waals surface area contributed by atoms with Crippen LogP contribution < -0.4 is 5.32 Å². The van der Waals surface area contributed by atoms with Crippen LogP contribution in [0.4, 0.5) is 0 Å². The van der Waals surface area contributed by atoms with Crippen LogP contribution in [0.2, 0.25) is 0 Å². The molecule has 14 heavy (non-hydrogen) atoms. The molecule has 3 nitrogen and oxygen atoms in total. The predicted molar refractivity (Wildman–Crippen MR) is 57.3 cm³/mol. The van der Waals surface area contributed by atoms with Gasteiger partial charge in [0.2, 0.25) is 0 Å². The van der Waals surface area contributed by atoms with Crippen LogP contribution in [0.25, 0.3) is 0 Å². The van der Waals surface area contributed by atoms with Crippen LogP contribution in [0.15, 0.2) is 11.6 Å². The van der Waals surface area contributed by atoms with Crippen molar-refractivity contribution in [3.63, 3.8) is 0 Å². The molecule has 1 aromatic rings. The number of nitrogens with zero attached hydrogens (tertiary/aromatic N) is 1. The second-order valence-corrected chi connectivity index (χ2v) is 4.93. The number of hydrogen-bond donors (Lipinski definition) is 2. The van der Waals surface area contributed by atoms with Gasteiger partial charge < -0.3 is 10.4 Å². The van der Waals surface area contributed by atoms with E-state index in [1.54, 1.807) is 6.20 Å². The predicted octanol–water partition coefficient (Wildman–Crippen LogP) is 1.56. The smallest absolute Gasteiger partial charge is 0.123 e. The van der Waals surface area contributed by atoms with E-state index < -0.39 is 6.10 Å². The molecule has 1 aliphatic rings. The number of aromatic nitrogens is 1. The van der Waals surface area contributed by atoms with Gasteiger partial charge in [-0.2, -0.15) is 0 Å².